The first kappa shape index (κ1) is 25.5. The highest BCUT2D eigenvalue weighted by molar-refractivity contribution is 9.09. The van der Waals surface area contributed by atoms with E-state index in [9.17, 15) is 14.0 Å². The number of alkyl halides is 2. The van der Waals surface area contributed by atoms with Crippen LogP contribution in [-0.2, 0) is 14.3 Å². The van der Waals surface area contributed by atoms with Gasteiger partial charge in [-0.05, 0) is 52.0 Å². The third kappa shape index (κ3) is 7.44. The number of hydrogen-bond donors (Lipinski definition) is 0. The van der Waals surface area contributed by atoms with Crippen molar-refractivity contribution in [1.29, 1.82) is 0 Å². The van der Waals surface area contributed by atoms with Crippen molar-refractivity contribution in [3.8, 4) is 0 Å². The molecule has 2 aromatic rings. The summed E-state index contributed by atoms with van der Waals surface area (Å²) in [6.07, 6.45) is -2.22. The zero-order valence-corrected chi connectivity index (χ0v) is 20.3. The summed E-state index contributed by atoms with van der Waals surface area (Å²) in [5.41, 5.74) is 4.30. The quantitative estimate of drug-likeness (QED) is 0.206. The van der Waals surface area contributed by atoms with Crippen molar-refractivity contribution in [3.05, 3.63) is 69.8 Å². The number of rotatable bonds is 9. The van der Waals surface area contributed by atoms with Crippen LogP contribution in [-0.4, -0.2) is 49.0 Å². The Morgan fingerprint density at radius 2 is 1.41 bits per heavy atom. The van der Waals surface area contributed by atoms with Crippen LogP contribution in [0.25, 0.3) is 0 Å². The Kier molecular flexibility index (Phi) is 9.38. The Morgan fingerprint density at radius 1 is 0.938 bits per heavy atom. The molecule has 0 saturated carbocycles. The molecule has 2 rings (SSSR count). The Bertz CT molecular complexity index is 954. The van der Waals surface area contributed by atoms with Crippen LogP contribution in [0.1, 0.15) is 43.0 Å². The predicted molar refractivity (Wildman–Crippen MR) is 124 cm³/mol. The van der Waals surface area contributed by atoms with Crippen LogP contribution in [0.2, 0.25) is 0 Å². The molecule has 6 nitrogen and oxygen atoms in total. The van der Waals surface area contributed by atoms with Crippen molar-refractivity contribution in [2.45, 2.75) is 44.8 Å². The number of benzene rings is 2. The Labute approximate surface area is 195 Å². The van der Waals surface area contributed by atoms with Crippen LogP contribution in [0.15, 0.2) is 41.6 Å². The van der Waals surface area contributed by atoms with Crippen molar-refractivity contribution >= 4 is 34.1 Å². The lowest BCUT2D eigenvalue weighted by Crippen LogP contribution is -2.39. The first-order chi connectivity index (χ1) is 15.1. The minimum Gasteiger partial charge on any atom is -0.461 e. The summed E-state index contributed by atoms with van der Waals surface area (Å²) >= 11 is 3.30. The van der Waals surface area contributed by atoms with Gasteiger partial charge in [0.2, 0.25) is 0 Å². The molecule has 0 aromatic heterocycles. The van der Waals surface area contributed by atoms with E-state index >= 15 is 0 Å². The number of oxime groups is 1. The normalized spacial score (nSPS) is 14.0. The molecule has 0 N–H and O–H groups in total. The first-order valence-electron chi connectivity index (χ1n) is 10.00. The summed E-state index contributed by atoms with van der Waals surface area (Å²) in [5, 5.41) is 3.43. The van der Waals surface area contributed by atoms with Gasteiger partial charge in [0.05, 0.1) is 22.2 Å². The van der Waals surface area contributed by atoms with Crippen LogP contribution >= 0.6 is 15.9 Å². The second-order valence-electron chi connectivity index (χ2n) is 7.62. The third-order valence-corrected chi connectivity index (χ3v) is 5.30. The van der Waals surface area contributed by atoms with E-state index in [4.69, 9.17) is 9.47 Å². The SMILES string of the molecule is CON=CC(F)C(OC(=O)c1cc(C)cc(C)c1)C(Br)COC(=O)c1cc(C)cc(C)c1. The van der Waals surface area contributed by atoms with Gasteiger partial charge in [-0.25, -0.2) is 14.0 Å². The minimum atomic E-state index is -1.80. The van der Waals surface area contributed by atoms with E-state index < -0.39 is 29.0 Å². The summed E-state index contributed by atoms with van der Waals surface area (Å²) in [5.74, 6) is -1.25. The molecule has 32 heavy (non-hydrogen) atoms. The molecule has 0 radical (unpaired) electrons. The van der Waals surface area contributed by atoms with Crippen molar-refractivity contribution in [1.82, 2.24) is 0 Å². The Morgan fingerprint density at radius 3 is 1.88 bits per heavy atom. The average molecular weight is 508 g/mol. The van der Waals surface area contributed by atoms with Crippen LogP contribution in [0.5, 0.6) is 0 Å². The lowest BCUT2D eigenvalue weighted by molar-refractivity contribution is 0.00843. The van der Waals surface area contributed by atoms with Gasteiger partial charge in [-0.3, -0.25) is 0 Å². The van der Waals surface area contributed by atoms with Gasteiger partial charge in [-0.2, -0.15) is 0 Å². The average Bonchev–Trinajstić information content (AvgIpc) is 2.72. The third-order valence-electron chi connectivity index (χ3n) is 4.51. The largest absolute Gasteiger partial charge is 0.461 e. The van der Waals surface area contributed by atoms with E-state index in [0.717, 1.165) is 28.5 Å². The fraction of sp³-hybridized carbons (Fsp3) is 0.375. The molecule has 0 aliphatic rings. The number of carbonyl (C=O) groups excluding carboxylic acids is 2. The molecule has 3 atom stereocenters. The number of nitrogens with zero attached hydrogens (tertiary/aromatic N) is 1. The standard InChI is InChI=1S/C24H27BrFNO5/c1-14-6-15(2)9-18(8-14)23(28)31-13-20(25)22(21(26)12-27-30-5)32-24(29)19-10-16(3)7-17(4)11-19/h6-12,20-22H,13H2,1-5H3. The second-order valence-corrected chi connectivity index (χ2v) is 8.79. The molecule has 0 heterocycles. The summed E-state index contributed by atoms with van der Waals surface area (Å²) in [6.45, 7) is 7.23. The van der Waals surface area contributed by atoms with E-state index in [1.165, 1.54) is 7.11 Å². The maximum Gasteiger partial charge on any atom is 0.338 e. The fourth-order valence-electron chi connectivity index (χ4n) is 3.25. The maximum atomic E-state index is 14.8. The Hall–Kier alpha value is -2.74. The summed E-state index contributed by atoms with van der Waals surface area (Å²) in [6, 6.07) is 10.6. The molecule has 0 aliphatic heterocycles. The zero-order chi connectivity index (χ0) is 23.8. The molecule has 0 aliphatic carbocycles. The predicted octanol–water partition coefficient (Wildman–Crippen LogP) is 5.04. The first-order valence-corrected chi connectivity index (χ1v) is 10.9. The van der Waals surface area contributed by atoms with Crippen LogP contribution in [0, 0.1) is 27.7 Å². The van der Waals surface area contributed by atoms with Gasteiger partial charge in [0.1, 0.15) is 13.7 Å². The van der Waals surface area contributed by atoms with Gasteiger partial charge in [-0.15, -0.1) is 0 Å². The molecule has 172 valence electrons. The molecule has 0 saturated heterocycles. The maximum absolute atomic E-state index is 14.8. The van der Waals surface area contributed by atoms with E-state index in [0.29, 0.717) is 11.1 Å². The summed E-state index contributed by atoms with van der Waals surface area (Å²) in [4.78, 5) is 28.8. The second kappa shape index (κ2) is 11.8. The molecule has 2 aromatic carbocycles. The lowest BCUT2D eigenvalue weighted by Gasteiger charge is -2.24. The van der Waals surface area contributed by atoms with Gasteiger partial charge in [0.15, 0.2) is 12.3 Å². The molecule has 0 spiro atoms. The highest BCUT2D eigenvalue weighted by atomic mass is 79.9. The Balaban J connectivity index is 2.15. The number of halogens is 2. The number of carbonyl (C=O) groups is 2. The molecular formula is C24H27BrFNO5. The number of ether oxygens (including phenoxy) is 2. The van der Waals surface area contributed by atoms with Gasteiger partial charge in [0, 0.05) is 0 Å². The molecule has 3 unspecified atom stereocenters. The summed E-state index contributed by atoms with van der Waals surface area (Å²) in [7, 11) is 1.27. The molecule has 0 bridgehead atoms. The van der Waals surface area contributed by atoms with Crippen LogP contribution in [0.4, 0.5) is 4.39 Å². The van der Waals surface area contributed by atoms with E-state index in [1.807, 2.05) is 39.8 Å². The number of hydrogen-bond acceptors (Lipinski definition) is 6. The van der Waals surface area contributed by atoms with Gasteiger partial charge >= 0.3 is 11.9 Å². The van der Waals surface area contributed by atoms with E-state index in [2.05, 4.69) is 25.9 Å². The van der Waals surface area contributed by atoms with Gasteiger partial charge < -0.3 is 14.3 Å². The molecule has 0 amide bonds. The van der Waals surface area contributed by atoms with E-state index in [1.54, 1.807) is 24.3 Å². The van der Waals surface area contributed by atoms with E-state index in [-0.39, 0.29) is 6.61 Å². The smallest absolute Gasteiger partial charge is 0.338 e. The van der Waals surface area contributed by atoms with Crippen molar-refractivity contribution in [2.24, 2.45) is 5.16 Å². The van der Waals surface area contributed by atoms with Crippen LogP contribution in [0.3, 0.4) is 0 Å². The summed E-state index contributed by atoms with van der Waals surface area (Å²) < 4.78 is 25.6. The lowest BCUT2D eigenvalue weighted by atomic mass is 10.1. The van der Waals surface area contributed by atoms with Crippen LogP contribution < -0.4 is 0 Å². The molecular weight excluding hydrogens is 481 g/mol. The molecule has 0 fully saturated rings. The van der Waals surface area contributed by atoms with Gasteiger partial charge in [-0.1, -0.05) is 55.5 Å². The number of aryl methyl sites for hydroxylation is 4. The van der Waals surface area contributed by atoms with Gasteiger partial charge in [0.25, 0.3) is 0 Å². The highest BCUT2D eigenvalue weighted by Gasteiger charge is 2.33. The minimum absolute atomic E-state index is 0.224. The zero-order valence-electron chi connectivity index (χ0n) is 18.7. The molecule has 8 heteroatoms. The fourth-order valence-corrected chi connectivity index (χ4v) is 3.78. The van der Waals surface area contributed by atoms with Crippen molar-refractivity contribution in [2.75, 3.05) is 13.7 Å². The monoisotopic (exact) mass is 507 g/mol. The topological polar surface area (TPSA) is 74.2 Å². The van der Waals surface area contributed by atoms with Crippen molar-refractivity contribution < 1.29 is 28.3 Å². The number of esters is 2. The van der Waals surface area contributed by atoms with Crippen molar-refractivity contribution in [3.63, 3.8) is 0 Å². The highest BCUT2D eigenvalue weighted by Crippen LogP contribution is 2.20.